The Hall–Kier alpha value is -2.97. The molecule has 0 aliphatic carbocycles. The first-order valence-electron chi connectivity index (χ1n) is 8.93. The lowest BCUT2D eigenvalue weighted by atomic mass is 10.2. The number of alkyl halides is 6. The van der Waals surface area contributed by atoms with Crippen LogP contribution in [0.3, 0.4) is 0 Å². The van der Waals surface area contributed by atoms with Crippen LogP contribution in [0.15, 0.2) is 39.8 Å². The zero-order chi connectivity index (χ0) is 24.3. The van der Waals surface area contributed by atoms with Gasteiger partial charge in [-0.25, -0.2) is 8.42 Å². The smallest absolute Gasteiger partial charge is 0.360 e. The Morgan fingerprint density at radius 3 is 2.12 bits per heavy atom. The fourth-order valence-corrected chi connectivity index (χ4v) is 3.55. The highest BCUT2D eigenvalue weighted by molar-refractivity contribution is 7.92. The van der Waals surface area contributed by atoms with Gasteiger partial charge in [-0.05, 0) is 37.6 Å². The summed E-state index contributed by atoms with van der Waals surface area (Å²) < 4.78 is 111. The number of nitrogens with zero attached hydrogens (tertiary/aromatic N) is 2. The summed E-state index contributed by atoms with van der Waals surface area (Å²) in [5.41, 5.74) is 0.884. The van der Waals surface area contributed by atoms with Crippen molar-refractivity contribution in [2.24, 2.45) is 0 Å². The Kier molecular flexibility index (Phi) is 7.32. The van der Waals surface area contributed by atoms with Gasteiger partial charge in [0, 0.05) is 12.5 Å². The van der Waals surface area contributed by atoms with Crippen molar-refractivity contribution in [1.29, 1.82) is 0 Å². The summed E-state index contributed by atoms with van der Waals surface area (Å²) in [6, 6.07) is 0.183. The third-order valence-electron chi connectivity index (χ3n) is 3.89. The molecule has 0 spiro atoms. The number of carbonyl (C=O) groups excluding carboxylic acids is 1. The monoisotopic (exact) mass is 488 g/mol. The van der Waals surface area contributed by atoms with Gasteiger partial charge in [0.05, 0.1) is 10.6 Å². The van der Waals surface area contributed by atoms with Gasteiger partial charge in [-0.15, -0.1) is 0 Å². The van der Waals surface area contributed by atoms with Crippen molar-refractivity contribution >= 4 is 27.4 Å². The summed E-state index contributed by atoms with van der Waals surface area (Å²) in [6.45, 7) is 3.01. The molecule has 0 radical (unpaired) electrons. The summed E-state index contributed by atoms with van der Waals surface area (Å²) in [5.74, 6) is -0.957. The number of aromatic nitrogens is 1. The molecule has 15 heteroatoms. The van der Waals surface area contributed by atoms with Crippen LogP contribution in [0.5, 0.6) is 0 Å². The molecule has 0 saturated heterocycles. The minimum absolute atomic E-state index is 0.172. The standard InChI is InChI=1S/C17H18F6N4O4S/c1-3-4-14(28)24-27(15(16(18,19)20)17(21,22)23)11-5-7-12(8-6-11)32(29,30)26-13-9-10(2)31-25-13/h5-9,15H,3-4H2,1-2H3,(H,24,28)(H,25,26). The van der Waals surface area contributed by atoms with Crippen LogP contribution < -0.4 is 15.2 Å². The number of halogens is 6. The van der Waals surface area contributed by atoms with E-state index in [4.69, 9.17) is 4.52 Å². The molecular weight excluding hydrogens is 470 g/mol. The van der Waals surface area contributed by atoms with Gasteiger partial charge in [-0.3, -0.25) is 20.0 Å². The van der Waals surface area contributed by atoms with E-state index in [-0.39, 0.29) is 23.7 Å². The highest BCUT2D eigenvalue weighted by Gasteiger charge is 2.60. The fraction of sp³-hybridized carbons (Fsp3) is 0.412. The van der Waals surface area contributed by atoms with Crippen molar-refractivity contribution in [3.63, 3.8) is 0 Å². The van der Waals surface area contributed by atoms with Crippen molar-refractivity contribution < 1.29 is 44.1 Å². The molecule has 0 aliphatic heterocycles. The predicted octanol–water partition coefficient (Wildman–Crippen LogP) is 3.91. The average Bonchev–Trinajstić information content (AvgIpc) is 3.03. The number of nitrogens with one attached hydrogen (secondary N) is 2. The van der Waals surface area contributed by atoms with Crippen LogP contribution in [0.1, 0.15) is 25.5 Å². The van der Waals surface area contributed by atoms with Crippen LogP contribution in [0.2, 0.25) is 0 Å². The first-order valence-corrected chi connectivity index (χ1v) is 10.4. The first-order chi connectivity index (χ1) is 14.6. The van der Waals surface area contributed by atoms with Crippen molar-refractivity contribution in [3.8, 4) is 0 Å². The molecule has 1 heterocycles. The zero-order valence-electron chi connectivity index (χ0n) is 16.6. The molecule has 2 rings (SSSR count). The fourth-order valence-electron chi connectivity index (χ4n) is 2.57. The van der Waals surface area contributed by atoms with E-state index in [0.29, 0.717) is 17.9 Å². The van der Waals surface area contributed by atoms with Gasteiger partial charge in [-0.1, -0.05) is 12.1 Å². The summed E-state index contributed by atoms with van der Waals surface area (Å²) in [5, 5.41) is 3.06. The molecule has 0 aliphatic rings. The lowest BCUT2D eigenvalue weighted by molar-refractivity contribution is -0.251. The Balaban J connectivity index is 2.42. The van der Waals surface area contributed by atoms with Crippen LogP contribution in [0.4, 0.5) is 37.8 Å². The molecule has 8 nitrogen and oxygen atoms in total. The van der Waals surface area contributed by atoms with Crippen molar-refractivity contribution in [2.75, 3.05) is 9.73 Å². The van der Waals surface area contributed by atoms with Gasteiger partial charge in [0.1, 0.15) is 5.76 Å². The Morgan fingerprint density at radius 2 is 1.69 bits per heavy atom. The van der Waals surface area contributed by atoms with Crippen LogP contribution >= 0.6 is 0 Å². The lowest BCUT2D eigenvalue weighted by Gasteiger charge is -2.35. The van der Waals surface area contributed by atoms with Crippen molar-refractivity contribution in [3.05, 3.63) is 36.1 Å². The zero-order valence-corrected chi connectivity index (χ0v) is 17.4. The van der Waals surface area contributed by atoms with E-state index >= 15 is 0 Å². The summed E-state index contributed by atoms with van der Waals surface area (Å²) in [6.07, 6.45) is -11.7. The second kappa shape index (κ2) is 9.26. The molecule has 0 saturated carbocycles. The second-order valence-electron chi connectivity index (χ2n) is 6.56. The molecule has 1 aromatic heterocycles. The van der Waals surface area contributed by atoms with E-state index in [0.717, 1.165) is 12.1 Å². The van der Waals surface area contributed by atoms with Gasteiger partial charge in [0.25, 0.3) is 10.0 Å². The third kappa shape index (κ3) is 6.27. The minimum atomic E-state index is -5.80. The molecule has 32 heavy (non-hydrogen) atoms. The quantitative estimate of drug-likeness (QED) is 0.431. The van der Waals surface area contributed by atoms with Gasteiger partial charge >= 0.3 is 12.4 Å². The van der Waals surface area contributed by atoms with Gasteiger partial charge in [0.2, 0.25) is 11.9 Å². The SMILES string of the molecule is CCCC(=O)NN(c1ccc(S(=O)(=O)Nc2cc(C)on2)cc1)C(C(F)(F)F)C(F)(F)F. The van der Waals surface area contributed by atoms with Crippen molar-refractivity contribution in [2.45, 2.75) is 50.0 Å². The largest absolute Gasteiger partial charge is 0.419 e. The number of benzene rings is 1. The van der Waals surface area contributed by atoms with E-state index in [2.05, 4.69) is 5.16 Å². The Labute approximate surface area is 178 Å². The summed E-state index contributed by atoms with van der Waals surface area (Å²) in [7, 11) is -4.27. The van der Waals surface area contributed by atoms with E-state index in [1.165, 1.54) is 19.9 Å². The summed E-state index contributed by atoms with van der Waals surface area (Å²) in [4.78, 5) is 11.3. The highest BCUT2D eigenvalue weighted by atomic mass is 32.2. The Morgan fingerprint density at radius 1 is 1.12 bits per heavy atom. The molecule has 0 fully saturated rings. The number of amides is 1. The number of aryl methyl sites for hydroxylation is 1. The number of carbonyl (C=O) groups is 1. The molecule has 0 atom stereocenters. The van der Waals surface area contributed by atoms with Crippen LogP contribution in [-0.4, -0.2) is 37.9 Å². The van der Waals surface area contributed by atoms with E-state index in [9.17, 15) is 39.6 Å². The predicted molar refractivity (Wildman–Crippen MR) is 99.9 cm³/mol. The van der Waals surface area contributed by atoms with Gasteiger partial charge < -0.3 is 4.52 Å². The maximum Gasteiger partial charge on any atom is 0.419 e. The summed E-state index contributed by atoms with van der Waals surface area (Å²) >= 11 is 0. The van der Waals surface area contributed by atoms with Crippen LogP contribution in [0.25, 0.3) is 0 Å². The molecule has 178 valence electrons. The van der Waals surface area contributed by atoms with Gasteiger partial charge in [-0.2, -0.15) is 26.3 Å². The van der Waals surface area contributed by atoms with Crippen LogP contribution in [-0.2, 0) is 14.8 Å². The topological polar surface area (TPSA) is 105 Å². The maximum absolute atomic E-state index is 13.3. The van der Waals surface area contributed by atoms with Gasteiger partial charge in [0.15, 0.2) is 5.82 Å². The van der Waals surface area contributed by atoms with Crippen molar-refractivity contribution in [1.82, 2.24) is 10.6 Å². The molecule has 0 bridgehead atoms. The Bertz CT molecular complexity index is 1020. The normalized spacial score (nSPS) is 12.7. The second-order valence-corrected chi connectivity index (χ2v) is 8.25. The average molecular weight is 488 g/mol. The molecule has 1 amide bonds. The third-order valence-corrected chi connectivity index (χ3v) is 5.26. The molecule has 0 unspecified atom stereocenters. The van der Waals surface area contributed by atoms with E-state index < -0.39 is 44.9 Å². The highest BCUT2D eigenvalue weighted by Crippen LogP contribution is 2.38. The van der Waals surface area contributed by atoms with Crippen LogP contribution in [0, 0.1) is 6.92 Å². The van der Waals surface area contributed by atoms with E-state index in [1.54, 1.807) is 5.43 Å². The number of hydrogen-bond acceptors (Lipinski definition) is 6. The maximum atomic E-state index is 13.3. The van der Waals surface area contributed by atoms with E-state index in [1.807, 2.05) is 4.72 Å². The number of sulfonamides is 1. The lowest BCUT2D eigenvalue weighted by Crippen LogP contribution is -2.61. The number of rotatable bonds is 8. The first kappa shape index (κ1) is 25.3. The number of anilines is 2. The molecule has 2 aromatic rings. The molecular formula is C17H18F6N4O4S. The number of hydrogen-bond donors (Lipinski definition) is 2. The molecule has 1 aromatic carbocycles. The number of hydrazine groups is 1. The molecule has 2 N–H and O–H groups in total. The minimum Gasteiger partial charge on any atom is -0.360 e.